The maximum atomic E-state index is 5.05. The van der Waals surface area contributed by atoms with Crippen molar-refractivity contribution in [1.82, 2.24) is 0 Å². The van der Waals surface area contributed by atoms with Crippen LogP contribution in [0.4, 0.5) is 0 Å². The highest BCUT2D eigenvalue weighted by Crippen LogP contribution is 2.12. The topological polar surface area (TPSA) is 44.5 Å². The van der Waals surface area contributed by atoms with E-state index in [4.69, 9.17) is 10.6 Å². The third kappa shape index (κ3) is 3.60. The minimum atomic E-state index is 0.548. The lowest BCUT2D eigenvalue weighted by atomic mass is 10.2. The summed E-state index contributed by atoms with van der Waals surface area (Å²) < 4.78 is 5.05. The van der Waals surface area contributed by atoms with Crippen LogP contribution >= 0.6 is 0 Å². The van der Waals surface area contributed by atoms with E-state index in [1.165, 1.54) is 0 Å². The molecule has 0 bridgehead atoms. The Morgan fingerprint density at radius 1 is 1.29 bits per heavy atom. The van der Waals surface area contributed by atoms with E-state index in [0.717, 1.165) is 17.7 Å². The zero-order chi connectivity index (χ0) is 10.2. The van der Waals surface area contributed by atoms with Crippen molar-refractivity contribution in [2.24, 2.45) is 5.90 Å². The summed E-state index contributed by atoms with van der Waals surface area (Å²) in [5.41, 5.74) is 1.14. The average Bonchev–Trinajstić information content (AvgIpc) is 2.25. The van der Waals surface area contributed by atoms with Crippen molar-refractivity contribution in [1.29, 1.82) is 0 Å². The van der Waals surface area contributed by atoms with Crippen molar-refractivity contribution in [3.05, 3.63) is 35.9 Å². The summed E-state index contributed by atoms with van der Waals surface area (Å²) in [5, 5.41) is 0. The number of rotatable bonds is 5. The minimum Gasteiger partial charge on any atom is -0.497 e. The van der Waals surface area contributed by atoms with Gasteiger partial charge < -0.3 is 9.57 Å². The molecule has 0 amide bonds. The maximum Gasteiger partial charge on any atom is 0.118 e. The van der Waals surface area contributed by atoms with Crippen molar-refractivity contribution in [3.8, 4) is 5.75 Å². The first-order valence-corrected chi connectivity index (χ1v) is 4.49. The number of ether oxygens (including phenoxy) is 1. The molecule has 0 radical (unpaired) electrons. The second kappa shape index (κ2) is 6.18. The molecule has 76 valence electrons. The summed E-state index contributed by atoms with van der Waals surface area (Å²) >= 11 is 0. The Labute approximate surface area is 84.1 Å². The molecule has 0 spiro atoms. The summed E-state index contributed by atoms with van der Waals surface area (Å²) in [4.78, 5) is 4.45. The Kier molecular flexibility index (Phi) is 4.75. The molecule has 14 heavy (non-hydrogen) atoms. The molecule has 0 atom stereocenters. The van der Waals surface area contributed by atoms with Crippen LogP contribution in [0.5, 0.6) is 5.75 Å². The standard InChI is InChI=1S/C11H15NO2/c1-13-11-7-5-10(6-8-11)4-2-3-9-14-12/h2,4-8H,3,9,12H2,1H3/b4-2+. The molecular weight excluding hydrogens is 178 g/mol. The van der Waals surface area contributed by atoms with Gasteiger partial charge in [-0.25, -0.2) is 5.90 Å². The summed E-state index contributed by atoms with van der Waals surface area (Å²) in [6, 6.07) is 7.86. The lowest BCUT2D eigenvalue weighted by Crippen LogP contribution is -1.98. The quantitative estimate of drug-likeness (QED) is 0.574. The van der Waals surface area contributed by atoms with Crippen molar-refractivity contribution in [2.75, 3.05) is 13.7 Å². The maximum absolute atomic E-state index is 5.05. The van der Waals surface area contributed by atoms with E-state index < -0.39 is 0 Å². The first kappa shape index (κ1) is 10.8. The molecule has 0 heterocycles. The van der Waals surface area contributed by atoms with E-state index >= 15 is 0 Å². The first-order chi connectivity index (χ1) is 6.86. The van der Waals surface area contributed by atoms with Crippen LogP contribution in [0.2, 0.25) is 0 Å². The number of methoxy groups -OCH3 is 1. The van der Waals surface area contributed by atoms with Crippen LogP contribution in [0.15, 0.2) is 30.3 Å². The number of hydrogen-bond donors (Lipinski definition) is 1. The van der Waals surface area contributed by atoms with Gasteiger partial charge in [0.05, 0.1) is 13.7 Å². The predicted molar refractivity (Wildman–Crippen MR) is 56.8 cm³/mol. The Bertz CT molecular complexity index is 280. The van der Waals surface area contributed by atoms with Gasteiger partial charge in [0, 0.05) is 0 Å². The van der Waals surface area contributed by atoms with Crippen molar-refractivity contribution >= 4 is 6.08 Å². The summed E-state index contributed by atoms with van der Waals surface area (Å²) in [6.07, 6.45) is 4.87. The van der Waals surface area contributed by atoms with Gasteiger partial charge in [0.25, 0.3) is 0 Å². The summed E-state index contributed by atoms with van der Waals surface area (Å²) in [6.45, 7) is 0.548. The van der Waals surface area contributed by atoms with Crippen LogP contribution in [0.3, 0.4) is 0 Å². The van der Waals surface area contributed by atoms with Gasteiger partial charge in [0.2, 0.25) is 0 Å². The van der Waals surface area contributed by atoms with Gasteiger partial charge in [-0.2, -0.15) is 0 Å². The lowest BCUT2D eigenvalue weighted by Gasteiger charge is -1.98. The fraction of sp³-hybridized carbons (Fsp3) is 0.273. The highest BCUT2D eigenvalue weighted by atomic mass is 16.6. The van der Waals surface area contributed by atoms with E-state index in [2.05, 4.69) is 4.84 Å². The van der Waals surface area contributed by atoms with E-state index in [1.54, 1.807) is 7.11 Å². The van der Waals surface area contributed by atoms with Crippen LogP contribution in [-0.2, 0) is 4.84 Å². The minimum absolute atomic E-state index is 0.548. The van der Waals surface area contributed by atoms with Crippen LogP contribution in [0.1, 0.15) is 12.0 Å². The number of nitrogens with two attached hydrogens (primary N) is 1. The Morgan fingerprint density at radius 2 is 2.00 bits per heavy atom. The largest absolute Gasteiger partial charge is 0.497 e. The van der Waals surface area contributed by atoms with Crippen LogP contribution in [0, 0.1) is 0 Å². The van der Waals surface area contributed by atoms with Crippen molar-refractivity contribution < 1.29 is 9.57 Å². The molecule has 1 aromatic rings. The predicted octanol–water partition coefficient (Wildman–Crippen LogP) is 1.99. The molecule has 0 aromatic heterocycles. The van der Waals surface area contributed by atoms with Crippen LogP contribution < -0.4 is 10.6 Å². The molecule has 1 rings (SSSR count). The molecule has 3 nitrogen and oxygen atoms in total. The van der Waals surface area contributed by atoms with Gasteiger partial charge in [-0.1, -0.05) is 24.3 Å². The lowest BCUT2D eigenvalue weighted by molar-refractivity contribution is 0.143. The van der Waals surface area contributed by atoms with E-state index in [1.807, 2.05) is 36.4 Å². The fourth-order valence-electron chi connectivity index (χ4n) is 1.07. The normalized spacial score (nSPS) is 10.7. The highest BCUT2D eigenvalue weighted by molar-refractivity contribution is 5.50. The van der Waals surface area contributed by atoms with Gasteiger partial charge in [-0.15, -0.1) is 0 Å². The monoisotopic (exact) mass is 193 g/mol. The molecule has 0 fully saturated rings. The molecule has 0 aliphatic heterocycles. The molecule has 1 aromatic carbocycles. The zero-order valence-electron chi connectivity index (χ0n) is 8.27. The summed E-state index contributed by atoms with van der Waals surface area (Å²) in [5.74, 6) is 5.76. The van der Waals surface area contributed by atoms with Gasteiger partial charge in [0.15, 0.2) is 0 Å². The van der Waals surface area contributed by atoms with Crippen molar-refractivity contribution in [3.63, 3.8) is 0 Å². The van der Waals surface area contributed by atoms with Gasteiger partial charge in [-0.3, -0.25) is 0 Å². The Balaban J connectivity index is 2.47. The molecule has 0 aliphatic carbocycles. The average molecular weight is 193 g/mol. The molecule has 0 saturated carbocycles. The van der Waals surface area contributed by atoms with E-state index in [9.17, 15) is 0 Å². The second-order valence-corrected chi connectivity index (χ2v) is 2.83. The molecule has 0 aliphatic rings. The third-order valence-electron chi connectivity index (χ3n) is 1.83. The summed E-state index contributed by atoms with van der Waals surface area (Å²) in [7, 11) is 1.66. The number of hydrogen-bond acceptors (Lipinski definition) is 3. The molecular formula is C11H15NO2. The van der Waals surface area contributed by atoms with Crippen molar-refractivity contribution in [2.45, 2.75) is 6.42 Å². The first-order valence-electron chi connectivity index (χ1n) is 4.49. The fourth-order valence-corrected chi connectivity index (χ4v) is 1.07. The zero-order valence-corrected chi connectivity index (χ0v) is 8.27. The SMILES string of the molecule is COc1ccc(/C=C/CCON)cc1. The van der Waals surface area contributed by atoms with Gasteiger partial charge in [-0.05, 0) is 24.1 Å². The van der Waals surface area contributed by atoms with Crippen LogP contribution in [0.25, 0.3) is 6.08 Å². The Hall–Kier alpha value is -1.32. The molecule has 3 heteroatoms. The van der Waals surface area contributed by atoms with E-state index in [-0.39, 0.29) is 0 Å². The highest BCUT2D eigenvalue weighted by Gasteiger charge is 1.89. The molecule has 2 N–H and O–H groups in total. The second-order valence-electron chi connectivity index (χ2n) is 2.83. The Morgan fingerprint density at radius 3 is 2.57 bits per heavy atom. The molecule has 0 unspecified atom stereocenters. The smallest absolute Gasteiger partial charge is 0.118 e. The number of benzene rings is 1. The molecule has 0 saturated heterocycles. The van der Waals surface area contributed by atoms with Gasteiger partial charge >= 0.3 is 0 Å². The van der Waals surface area contributed by atoms with E-state index in [0.29, 0.717) is 6.61 Å². The third-order valence-corrected chi connectivity index (χ3v) is 1.83. The van der Waals surface area contributed by atoms with Gasteiger partial charge in [0.1, 0.15) is 5.75 Å². The van der Waals surface area contributed by atoms with Crippen LogP contribution in [-0.4, -0.2) is 13.7 Å².